The van der Waals surface area contributed by atoms with Crippen molar-refractivity contribution in [2.24, 2.45) is 0 Å². The van der Waals surface area contributed by atoms with Gasteiger partial charge in [-0.15, -0.1) is 0 Å². The van der Waals surface area contributed by atoms with E-state index in [4.69, 9.17) is 4.18 Å². The maximum atomic E-state index is 12.4. The van der Waals surface area contributed by atoms with Crippen molar-refractivity contribution >= 4 is 21.7 Å². The largest absolute Gasteiger partial charge is 0.379 e. The Bertz CT molecular complexity index is 996. The Balaban J connectivity index is 1.76. The van der Waals surface area contributed by atoms with Gasteiger partial charge in [0.2, 0.25) is 5.91 Å². The predicted molar refractivity (Wildman–Crippen MR) is 100 cm³/mol. The van der Waals surface area contributed by atoms with Crippen LogP contribution in [0.5, 0.6) is 5.75 Å². The van der Waals surface area contributed by atoms with Crippen LogP contribution in [-0.4, -0.2) is 14.3 Å². The molecule has 5 nitrogen and oxygen atoms in total. The van der Waals surface area contributed by atoms with Crippen LogP contribution in [0.15, 0.2) is 83.8 Å². The monoisotopic (exact) mass is 367 g/mol. The van der Waals surface area contributed by atoms with E-state index in [9.17, 15) is 13.2 Å². The molecule has 0 aliphatic rings. The van der Waals surface area contributed by atoms with Crippen LogP contribution in [0.2, 0.25) is 0 Å². The molecule has 0 spiro atoms. The molecule has 1 amide bonds. The molecule has 0 saturated heterocycles. The first-order valence-corrected chi connectivity index (χ1v) is 9.32. The number of anilines is 1. The second-order valence-corrected chi connectivity index (χ2v) is 7.18. The number of benzene rings is 3. The van der Waals surface area contributed by atoms with Crippen LogP contribution in [-0.2, 0) is 14.9 Å². The molecule has 0 saturated carbocycles. The van der Waals surface area contributed by atoms with E-state index in [1.54, 1.807) is 24.3 Å². The molecule has 1 N–H and O–H groups in total. The van der Waals surface area contributed by atoms with Crippen molar-refractivity contribution in [3.63, 3.8) is 0 Å². The number of hydrogen-bond acceptors (Lipinski definition) is 4. The summed E-state index contributed by atoms with van der Waals surface area (Å²) in [6.45, 7) is 1.38. The Morgan fingerprint density at radius 1 is 0.808 bits per heavy atom. The molecule has 0 unspecified atom stereocenters. The zero-order valence-corrected chi connectivity index (χ0v) is 14.9. The van der Waals surface area contributed by atoms with Crippen LogP contribution >= 0.6 is 0 Å². The Hall–Kier alpha value is -3.12. The lowest BCUT2D eigenvalue weighted by atomic mass is 10.1. The molecule has 3 aromatic carbocycles. The van der Waals surface area contributed by atoms with Gasteiger partial charge in [-0.2, -0.15) is 8.42 Å². The van der Waals surface area contributed by atoms with Gasteiger partial charge in [0.15, 0.2) is 0 Å². The molecule has 0 atom stereocenters. The second kappa shape index (κ2) is 7.41. The molecule has 26 heavy (non-hydrogen) atoms. The van der Waals surface area contributed by atoms with Crippen molar-refractivity contribution in [1.82, 2.24) is 0 Å². The quantitative estimate of drug-likeness (QED) is 0.690. The Morgan fingerprint density at radius 3 is 1.96 bits per heavy atom. The maximum absolute atomic E-state index is 12.4. The molecule has 6 heteroatoms. The van der Waals surface area contributed by atoms with Crippen LogP contribution in [0.3, 0.4) is 0 Å². The lowest BCUT2D eigenvalue weighted by Crippen LogP contribution is -2.10. The summed E-state index contributed by atoms with van der Waals surface area (Å²) in [5.74, 6) is 0.00554. The minimum atomic E-state index is -3.95. The molecule has 0 heterocycles. The highest BCUT2D eigenvalue weighted by molar-refractivity contribution is 7.87. The topological polar surface area (TPSA) is 72.5 Å². The molecule has 0 aliphatic heterocycles. The highest BCUT2D eigenvalue weighted by Crippen LogP contribution is 2.24. The van der Waals surface area contributed by atoms with Crippen molar-refractivity contribution in [3.05, 3.63) is 78.9 Å². The lowest BCUT2D eigenvalue weighted by molar-refractivity contribution is -0.114. The van der Waals surface area contributed by atoms with Gasteiger partial charge >= 0.3 is 10.1 Å². The second-order valence-electron chi connectivity index (χ2n) is 5.63. The van der Waals surface area contributed by atoms with Gasteiger partial charge < -0.3 is 9.50 Å². The van der Waals surface area contributed by atoms with Crippen molar-refractivity contribution < 1.29 is 17.4 Å². The smallest absolute Gasteiger partial charge is 0.339 e. The summed E-state index contributed by atoms with van der Waals surface area (Å²) in [6.07, 6.45) is 0. The molecule has 0 bridgehead atoms. The molecule has 3 rings (SSSR count). The fourth-order valence-electron chi connectivity index (χ4n) is 2.42. The summed E-state index contributed by atoms with van der Waals surface area (Å²) in [4.78, 5) is 11.0. The molecule has 0 aromatic heterocycles. The van der Waals surface area contributed by atoms with E-state index in [1.165, 1.54) is 31.2 Å². The first kappa shape index (κ1) is 17.7. The first-order valence-electron chi connectivity index (χ1n) is 7.92. The SMILES string of the molecule is CC(=O)Nc1ccc(S(=O)(=O)Oc2ccc(-c3ccccc3)cc2)cc1. The van der Waals surface area contributed by atoms with Gasteiger partial charge in [0.25, 0.3) is 0 Å². The van der Waals surface area contributed by atoms with E-state index < -0.39 is 10.1 Å². The summed E-state index contributed by atoms with van der Waals surface area (Å²) < 4.78 is 29.9. The third kappa shape index (κ3) is 4.29. The molecule has 0 aliphatic carbocycles. The van der Waals surface area contributed by atoms with Crippen molar-refractivity contribution in [2.75, 3.05) is 5.32 Å². The molecular formula is C20H17NO4S. The van der Waals surface area contributed by atoms with Gasteiger partial charge in [0.1, 0.15) is 10.6 Å². The lowest BCUT2D eigenvalue weighted by Gasteiger charge is -2.09. The molecule has 0 radical (unpaired) electrons. The van der Waals surface area contributed by atoms with Crippen molar-refractivity contribution in [3.8, 4) is 16.9 Å². The summed E-state index contributed by atoms with van der Waals surface area (Å²) in [6, 6.07) is 22.4. The van der Waals surface area contributed by atoms with E-state index >= 15 is 0 Å². The van der Waals surface area contributed by atoms with Gasteiger partial charge in [-0.3, -0.25) is 4.79 Å². The van der Waals surface area contributed by atoms with Gasteiger partial charge in [-0.05, 0) is 47.5 Å². The van der Waals surface area contributed by atoms with E-state index in [0.717, 1.165) is 11.1 Å². The fraction of sp³-hybridized carbons (Fsp3) is 0.0500. The minimum Gasteiger partial charge on any atom is -0.379 e. The predicted octanol–water partition coefficient (Wildman–Crippen LogP) is 4.08. The van der Waals surface area contributed by atoms with Crippen LogP contribution in [0, 0.1) is 0 Å². The van der Waals surface area contributed by atoms with Crippen LogP contribution < -0.4 is 9.50 Å². The summed E-state index contributed by atoms with van der Waals surface area (Å²) in [5, 5.41) is 2.58. The number of carbonyl (C=O) groups excluding carboxylic acids is 1. The fourth-order valence-corrected chi connectivity index (χ4v) is 3.35. The standard InChI is InChI=1S/C20H17NO4S/c1-15(22)21-18-9-13-20(14-10-18)26(23,24)25-19-11-7-17(8-12-19)16-5-3-2-4-6-16/h2-14H,1H3,(H,21,22). The number of amides is 1. The molecular weight excluding hydrogens is 350 g/mol. The highest BCUT2D eigenvalue weighted by Gasteiger charge is 2.16. The van der Waals surface area contributed by atoms with Crippen LogP contribution in [0.1, 0.15) is 6.92 Å². The maximum Gasteiger partial charge on any atom is 0.339 e. The van der Waals surface area contributed by atoms with E-state index in [-0.39, 0.29) is 16.6 Å². The van der Waals surface area contributed by atoms with E-state index in [0.29, 0.717) is 5.69 Å². The van der Waals surface area contributed by atoms with Crippen LogP contribution in [0.4, 0.5) is 5.69 Å². The number of carbonyl (C=O) groups is 1. The van der Waals surface area contributed by atoms with Gasteiger partial charge in [0.05, 0.1) is 0 Å². The highest BCUT2D eigenvalue weighted by atomic mass is 32.2. The summed E-state index contributed by atoms with van der Waals surface area (Å²) in [5.41, 5.74) is 2.52. The minimum absolute atomic E-state index is 0.0127. The van der Waals surface area contributed by atoms with Gasteiger partial charge in [-0.1, -0.05) is 42.5 Å². The number of nitrogens with one attached hydrogen (secondary N) is 1. The Labute approximate surface area is 152 Å². The molecule has 3 aromatic rings. The van der Waals surface area contributed by atoms with E-state index in [2.05, 4.69) is 5.32 Å². The Kier molecular flexibility index (Phi) is 5.04. The summed E-state index contributed by atoms with van der Waals surface area (Å²) in [7, 11) is -3.95. The average molecular weight is 367 g/mol. The zero-order valence-electron chi connectivity index (χ0n) is 14.0. The third-order valence-electron chi connectivity index (χ3n) is 3.63. The molecule has 132 valence electrons. The number of rotatable bonds is 5. The first-order chi connectivity index (χ1) is 12.4. The van der Waals surface area contributed by atoms with E-state index in [1.807, 2.05) is 30.3 Å². The van der Waals surface area contributed by atoms with Crippen molar-refractivity contribution in [1.29, 1.82) is 0 Å². The normalized spacial score (nSPS) is 11.0. The van der Waals surface area contributed by atoms with Crippen LogP contribution in [0.25, 0.3) is 11.1 Å². The molecule has 0 fully saturated rings. The van der Waals surface area contributed by atoms with Crippen molar-refractivity contribution in [2.45, 2.75) is 11.8 Å². The zero-order chi connectivity index (χ0) is 18.6. The number of hydrogen-bond donors (Lipinski definition) is 1. The Morgan fingerprint density at radius 2 is 1.38 bits per heavy atom. The average Bonchev–Trinajstić information content (AvgIpc) is 2.63. The third-order valence-corrected chi connectivity index (χ3v) is 4.89. The summed E-state index contributed by atoms with van der Waals surface area (Å²) >= 11 is 0. The van der Waals surface area contributed by atoms with Gasteiger partial charge in [0, 0.05) is 12.6 Å². The van der Waals surface area contributed by atoms with Gasteiger partial charge in [-0.25, -0.2) is 0 Å².